The molecule has 1 saturated heterocycles. The fourth-order valence-electron chi connectivity index (χ4n) is 1.77. The van der Waals surface area contributed by atoms with Crippen LogP contribution in [0.1, 0.15) is 12.8 Å². The van der Waals surface area contributed by atoms with Gasteiger partial charge in [-0.25, -0.2) is 4.79 Å². The number of methoxy groups -OCH3 is 1. The third-order valence-electron chi connectivity index (χ3n) is 2.83. The Hall–Kier alpha value is -1.92. The second kappa shape index (κ2) is 4.75. The van der Waals surface area contributed by atoms with Gasteiger partial charge in [0.25, 0.3) is 0 Å². The van der Waals surface area contributed by atoms with Crippen molar-refractivity contribution >= 4 is 12.0 Å². The summed E-state index contributed by atoms with van der Waals surface area (Å²) < 4.78 is 8.34. The van der Waals surface area contributed by atoms with Crippen LogP contribution in [0.15, 0.2) is 24.3 Å². The Labute approximate surface area is 104 Å². The number of benzene rings is 1. The number of imide groups is 1. The topological polar surface area (TPSA) is 75.7 Å². The average Bonchev–Trinajstić information content (AvgIpc) is 2.72. The molecule has 1 aliphatic heterocycles. The fraction of sp³-hybridized carbons (Fsp3) is 0.333. The zero-order valence-electron chi connectivity index (χ0n) is 9.92. The SMILES string of the molecule is COc1ccc(OC(=O)[N+]2([O-])CCCC2=O)cc1. The third kappa shape index (κ3) is 2.20. The number of rotatable bonds is 2. The van der Waals surface area contributed by atoms with Crippen molar-refractivity contribution in [2.24, 2.45) is 0 Å². The summed E-state index contributed by atoms with van der Waals surface area (Å²) in [5, 5.41) is 11.9. The van der Waals surface area contributed by atoms with Gasteiger partial charge in [0.1, 0.15) is 11.5 Å². The molecule has 0 aliphatic carbocycles. The van der Waals surface area contributed by atoms with Gasteiger partial charge in [0.2, 0.25) is 0 Å². The van der Waals surface area contributed by atoms with Gasteiger partial charge in [-0.05, 0) is 24.3 Å². The Morgan fingerprint density at radius 1 is 1.28 bits per heavy atom. The van der Waals surface area contributed by atoms with Gasteiger partial charge in [-0.15, -0.1) is 0 Å². The first-order chi connectivity index (χ1) is 8.56. The van der Waals surface area contributed by atoms with Crippen molar-refractivity contribution < 1.29 is 23.7 Å². The molecule has 1 aromatic rings. The van der Waals surface area contributed by atoms with E-state index in [0.29, 0.717) is 12.2 Å². The number of hydroxylamine groups is 3. The first-order valence-corrected chi connectivity index (χ1v) is 5.55. The zero-order chi connectivity index (χ0) is 13.2. The molecular weight excluding hydrogens is 238 g/mol. The summed E-state index contributed by atoms with van der Waals surface area (Å²) in [5.41, 5.74) is 0. The highest BCUT2D eigenvalue weighted by Gasteiger charge is 2.42. The highest BCUT2D eigenvalue weighted by atomic mass is 16.7. The second-order valence-electron chi connectivity index (χ2n) is 4.00. The molecule has 2 rings (SSSR count). The van der Waals surface area contributed by atoms with Gasteiger partial charge in [-0.3, -0.25) is 0 Å². The van der Waals surface area contributed by atoms with Crippen LogP contribution in [0.2, 0.25) is 0 Å². The Morgan fingerprint density at radius 2 is 1.89 bits per heavy atom. The van der Waals surface area contributed by atoms with Crippen LogP contribution in [-0.4, -0.2) is 30.3 Å². The number of ether oxygens (including phenoxy) is 2. The summed E-state index contributed by atoms with van der Waals surface area (Å²) >= 11 is 0. The third-order valence-corrected chi connectivity index (χ3v) is 2.83. The summed E-state index contributed by atoms with van der Waals surface area (Å²) in [4.78, 5) is 23.1. The summed E-state index contributed by atoms with van der Waals surface area (Å²) in [6.45, 7) is -0.0478. The number of quaternary nitrogens is 1. The smallest absolute Gasteiger partial charge is 0.529 e. The Bertz CT molecular complexity index is 470. The van der Waals surface area contributed by atoms with Crippen LogP contribution in [-0.2, 0) is 4.79 Å². The molecule has 6 nitrogen and oxygen atoms in total. The van der Waals surface area contributed by atoms with E-state index in [-0.39, 0.29) is 18.7 Å². The van der Waals surface area contributed by atoms with Gasteiger partial charge in [0.15, 0.2) is 0 Å². The Balaban J connectivity index is 2.09. The van der Waals surface area contributed by atoms with Crippen LogP contribution in [0.5, 0.6) is 11.5 Å². The molecule has 0 spiro atoms. The number of carbonyl (C=O) groups excluding carboxylic acids is 2. The standard InChI is InChI=1S/C12H13NO5/c1-17-9-4-6-10(7-5-9)18-12(15)13(16)8-2-3-11(13)14/h4-7H,2-3,8H2,1H3. The van der Waals surface area contributed by atoms with Crippen LogP contribution in [0.25, 0.3) is 0 Å². The molecule has 0 N–H and O–H groups in total. The van der Waals surface area contributed by atoms with Crippen LogP contribution in [0.4, 0.5) is 4.79 Å². The number of hydrogen-bond acceptors (Lipinski definition) is 5. The van der Waals surface area contributed by atoms with Crippen molar-refractivity contribution in [1.82, 2.24) is 0 Å². The van der Waals surface area contributed by atoms with E-state index in [1.54, 1.807) is 12.1 Å². The number of carbonyl (C=O) groups is 2. The van der Waals surface area contributed by atoms with E-state index in [2.05, 4.69) is 0 Å². The molecule has 0 aromatic heterocycles. The minimum Gasteiger partial charge on any atom is -0.615 e. The van der Waals surface area contributed by atoms with Crippen LogP contribution in [0.3, 0.4) is 0 Å². The molecule has 1 heterocycles. The molecule has 1 atom stereocenters. The molecule has 6 heteroatoms. The lowest BCUT2D eigenvalue weighted by Crippen LogP contribution is -2.50. The zero-order valence-corrected chi connectivity index (χ0v) is 9.92. The van der Waals surface area contributed by atoms with E-state index in [1.165, 1.54) is 19.2 Å². The Morgan fingerprint density at radius 3 is 2.39 bits per heavy atom. The van der Waals surface area contributed by atoms with Crippen molar-refractivity contribution in [3.8, 4) is 11.5 Å². The average molecular weight is 251 g/mol. The van der Waals surface area contributed by atoms with E-state index in [0.717, 1.165) is 0 Å². The quantitative estimate of drug-likeness (QED) is 0.592. The molecule has 0 saturated carbocycles. The maximum atomic E-state index is 11.9. The maximum Gasteiger partial charge on any atom is 0.529 e. The lowest BCUT2D eigenvalue weighted by Gasteiger charge is -2.29. The molecule has 2 amide bonds. The summed E-state index contributed by atoms with van der Waals surface area (Å²) in [6.07, 6.45) is -0.538. The van der Waals surface area contributed by atoms with Crippen LogP contribution in [0, 0.1) is 5.21 Å². The van der Waals surface area contributed by atoms with E-state index >= 15 is 0 Å². The number of hydrogen-bond donors (Lipinski definition) is 0. The molecule has 0 bridgehead atoms. The highest BCUT2D eigenvalue weighted by Crippen LogP contribution is 2.24. The molecule has 0 radical (unpaired) electrons. The molecule has 96 valence electrons. The predicted octanol–water partition coefficient (Wildman–Crippen LogP) is 1.83. The minimum atomic E-state index is -1.52. The van der Waals surface area contributed by atoms with E-state index in [9.17, 15) is 14.8 Å². The molecule has 1 unspecified atom stereocenters. The van der Waals surface area contributed by atoms with Gasteiger partial charge < -0.3 is 14.7 Å². The molecule has 1 fully saturated rings. The van der Waals surface area contributed by atoms with Gasteiger partial charge in [0.05, 0.1) is 20.1 Å². The largest absolute Gasteiger partial charge is 0.615 e. The van der Waals surface area contributed by atoms with Crippen molar-refractivity contribution in [2.75, 3.05) is 13.7 Å². The minimum absolute atomic E-state index is 0.0478. The number of likely N-dealkylation sites (tertiary alicyclic amines) is 1. The van der Waals surface area contributed by atoms with Gasteiger partial charge in [-0.2, -0.15) is 9.44 Å². The first kappa shape index (κ1) is 12.5. The molecule has 1 aromatic carbocycles. The lowest BCUT2D eigenvalue weighted by molar-refractivity contribution is -0.717. The first-order valence-electron chi connectivity index (χ1n) is 5.55. The van der Waals surface area contributed by atoms with Crippen molar-refractivity contribution in [2.45, 2.75) is 12.8 Å². The summed E-state index contributed by atoms with van der Waals surface area (Å²) in [7, 11) is 1.52. The lowest BCUT2D eigenvalue weighted by atomic mass is 10.3. The van der Waals surface area contributed by atoms with E-state index in [1.807, 2.05) is 0 Å². The monoisotopic (exact) mass is 251 g/mol. The Kier molecular flexibility index (Phi) is 3.31. The molecular formula is C12H13NO5. The van der Waals surface area contributed by atoms with Crippen molar-refractivity contribution in [3.05, 3.63) is 29.5 Å². The van der Waals surface area contributed by atoms with E-state index < -0.39 is 16.6 Å². The van der Waals surface area contributed by atoms with E-state index in [4.69, 9.17) is 9.47 Å². The number of nitrogens with zero attached hydrogens (tertiary/aromatic N) is 1. The summed E-state index contributed by atoms with van der Waals surface area (Å²) in [5.74, 6) is 0.181. The van der Waals surface area contributed by atoms with Gasteiger partial charge in [0, 0.05) is 6.42 Å². The van der Waals surface area contributed by atoms with Crippen molar-refractivity contribution in [1.29, 1.82) is 0 Å². The van der Waals surface area contributed by atoms with Crippen molar-refractivity contribution in [3.63, 3.8) is 0 Å². The van der Waals surface area contributed by atoms with Crippen LogP contribution >= 0.6 is 0 Å². The summed E-state index contributed by atoms with van der Waals surface area (Å²) in [6, 6.07) is 6.21. The van der Waals surface area contributed by atoms with Crippen LogP contribution < -0.4 is 9.47 Å². The van der Waals surface area contributed by atoms with Gasteiger partial charge in [-0.1, -0.05) is 0 Å². The highest BCUT2D eigenvalue weighted by molar-refractivity contribution is 5.83. The second-order valence-corrected chi connectivity index (χ2v) is 4.00. The fourth-order valence-corrected chi connectivity index (χ4v) is 1.77. The molecule has 1 aliphatic rings. The van der Waals surface area contributed by atoms with Gasteiger partial charge >= 0.3 is 12.0 Å². The predicted molar refractivity (Wildman–Crippen MR) is 61.8 cm³/mol. The normalized spacial score (nSPS) is 22.9. The number of amides is 2. The maximum absolute atomic E-state index is 11.9. The molecule has 18 heavy (non-hydrogen) atoms.